The Morgan fingerprint density at radius 1 is 1.13 bits per heavy atom. The summed E-state index contributed by atoms with van der Waals surface area (Å²) in [6.07, 6.45) is 3.46. The predicted octanol–water partition coefficient (Wildman–Crippen LogP) is 2.78. The number of nitrogens with one attached hydrogen (secondary N) is 2. The first-order chi connectivity index (χ1) is 14.7. The molecular formula is C23H35N3O4S. The fourth-order valence-corrected chi connectivity index (χ4v) is 6.72. The highest BCUT2D eigenvalue weighted by molar-refractivity contribution is 7.89. The van der Waals surface area contributed by atoms with Crippen LogP contribution in [0, 0.1) is 17.8 Å². The average molecular weight is 450 g/mol. The van der Waals surface area contributed by atoms with E-state index in [1.54, 1.807) is 26.0 Å². The number of rotatable bonds is 7. The monoisotopic (exact) mass is 449 g/mol. The number of nitrogens with zero attached hydrogens (tertiary/aromatic N) is 1. The van der Waals surface area contributed by atoms with Crippen molar-refractivity contribution in [2.45, 2.75) is 70.4 Å². The van der Waals surface area contributed by atoms with Crippen LogP contribution < -0.4 is 10.6 Å². The summed E-state index contributed by atoms with van der Waals surface area (Å²) in [6.45, 7) is 8.64. The molecule has 1 aromatic carbocycles. The minimum absolute atomic E-state index is 0.00138. The molecule has 1 aliphatic carbocycles. The Balaban J connectivity index is 1.63. The van der Waals surface area contributed by atoms with Gasteiger partial charge < -0.3 is 10.6 Å². The Kier molecular flexibility index (Phi) is 7.42. The quantitative estimate of drug-likeness (QED) is 0.669. The van der Waals surface area contributed by atoms with Crippen LogP contribution in [0.2, 0.25) is 0 Å². The number of hydrogen-bond acceptors (Lipinski definition) is 4. The van der Waals surface area contributed by atoms with Crippen LogP contribution in [0.4, 0.5) is 0 Å². The van der Waals surface area contributed by atoms with Gasteiger partial charge in [-0.3, -0.25) is 9.59 Å². The number of carbonyl (C=O) groups excluding carboxylic acids is 2. The summed E-state index contributed by atoms with van der Waals surface area (Å²) in [5, 5.41) is 6.25. The number of amides is 2. The largest absolute Gasteiger partial charge is 0.353 e. The predicted molar refractivity (Wildman–Crippen MR) is 120 cm³/mol. The van der Waals surface area contributed by atoms with Gasteiger partial charge in [-0.25, -0.2) is 8.42 Å². The topological polar surface area (TPSA) is 95.6 Å². The summed E-state index contributed by atoms with van der Waals surface area (Å²) in [5.74, 6) is 0.824. The molecule has 0 aromatic heterocycles. The van der Waals surface area contributed by atoms with Gasteiger partial charge in [0.2, 0.25) is 15.9 Å². The number of fused-ring (bicyclic) bond motifs is 1. The Bertz CT molecular complexity index is 896. The van der Waals surface area contributed by atoms with Crippen molar-refractivity contribution in [3.05, 3.63) is 29.8 Å². The van der Waals surface area contributed by atoms with Crippen LogP contribution in [0.5, 0.6) is 0 Å². The van der Waals surface area contributed by atoms with Crippen LogP contribution in [0.1, 0.15) is 63.7 Å². The van der Waals surface area contributed by atoms with Gasteiger partial charge in [0.25, 0.3) is 5.91 Å². The highest BCUT2D eigenvalue weighted by atomic mass is 32.2. The van der Waals surface area contributed by atoms with E-state index in [2.05, 4.69) is 24.5 Å². The van der Waals surface area contributed by atoms with Crippen molar-refractivity contribution in [3.63, 3.8) is 0 Å². The number of piperidine rings is 1. The maximum absolute atomic E-state index is 12.7. The average Bonchev–Trinajstić information content (AvgIpc) is 2.74. The molecule has 2 amide bonds. The molecule has 2 N–H and O–H groups in total. The van der Waals surface area contributed by atoms with Crippen LogP contribution in [-0.4, -0.2) is 49.7 Å². The Labute approximate surface area is 186 Å². The molecular weight excluding hydrogens is 414 g/mol. The lowest BCUT2D eigenvalue weighted by molar-refractivity contribution is -0.133. The van der Waals surface area contributed by atoms with Crippen molar-refractivity contribution in [1.29, 1.82) is 0 Å². The maximum Gasteiger partial charge on any atom is 0.251 e. The van der Waals surface area contributed by atoms with Crippen molar-refractivity contribution in [3.8, 4) is 0 Å². The molecule has 2 aliphatic rings. The fraction of sp³-hybridized carbons (Fsp3) is 0.652. The van der Waals surface area contributed by atoms with Crippen molar-refractivity contribution in [2.24, 2.45) is 17.8 Å². The molecule has 31 heavy (non-hydrogen) atoms. The van der Waals surface area contributed by atoms with E-state index in [-0.39, 0.29) is 34.7 Å². The van der Waals surface area contributed by atoms with Crippen LogP contribution in [0.3, 0.4) is 0 Å². The first-order valence-electron chi connectivity index (χ1n) is 11.4. The van der Waals surface area contributed by atoms with Gasteiger partial charge in [-0.1, -0.05) is 27.7 Å². The third-order valence-electron chi connectivity index (χ3n) is 7.11. The van der Waals surface area contributed by atoms with Crippen LogP contribution in [0.15, 0.2) is 29.2 Å². The lowest BCUT2D eigenvalue weighted by Crippen LogP contribution is -2.58. The van der Waals surface area contributed by atoms with Gasteiger partial charge in [-0.15, -0.1) is 0 Å². The first kappa shape index (κ1) is 23.7. The Morgan fingerprint density at radius 3 is 2.35 bits per heavy atom. The molecule has 0 spiro atoms. The van der Waals surface area contributed by atoms with Crippen LogP contribution >= 0.6 is 0 Å². The number of carbonyl (C=O) groups is 2. The summed E-state index contributed by atoms with van der Waals surface area (Å²) in [7, 11) is -3.54. The van der Waals surface area contributed by atoms with E-state index >= 15 is 0 Å². The summed E-state index contributed by atoms with van der Waals surface area (Å²) in [4.78, 5) is 25.3. The van der Waals surface area contributed by atoms with Crippen molar-refractivity contribution < 1.29 is 18.0 Å². The van der Waals surface area contributed by atoms with Crippen molar-refractivity contribution in [2.75, 3.05) is 13.1 Å². The highest BCUT2D eigenvalue weighted by Crippen LogP contribution is 2.39. The van der Waals surface area contributed by atoms with E-state index in [4.69, 9.17) is 0 Å². The molecule has 172 valence electrons. The van der Waals surface area contributed by atoms with Crippen molar-refractivity contribution >= 4 is 21.8 Å². The Morgan fingerprint density at radius 2 is 1.77 bits per heavy atom. The molecule has 2 fully saturated rings. The highest BCUT2D eigenvalue weighted by Gasteiger charge is 2.43. The standard InChI is InChI=1S/C23H35N3O4S/c1-5-19-15(4)20-13-10-17(14-21(20)25-23(19)28)24-22(27)16-8-11-18(12-9-16)31(29,30)26(6-2)7-3/h8-9,11-12,15,17,19-21H,5-7,10,13-14H2,1-4H3,(H,24,27)(H,25,28). The lowest BCUT2D eigenvalue weighted by atomic mass is 9.67. The Hall–Kier alpha value is -1.93. The van der Waals surface area contributed by atoms with E-state index in [0.717, 1.165) is 25.7 Å². The smallest absolute Gasteiger partial charge is 0.251 e. The minimum atomic E-state index is -3.54. The van der Waals surface area contributed by atoms with Gasteiger partial charge in [0.15, 0.2) is 0 Å². The minimum Gasteiger partial charge on any atom is -0.353 e. The number of benzene rings is 1. The first-order valence-corrected chi connectivity index (χ1v) is 12.9. The molecule has 7 nitrogen and oxygen atoms in total. The second-order valence-corrected chi connectivity index (χ2v) is 10.7. The molecule has 1 saturated carbocycles. The molecule has 5 unspecified atom stereocenters. The zero-order chi connectivity index (χ0) is 22.8. The van der Waals surface area contributed by atoms with Gasteiger partial charge >= 0.3 is 0 Å². The molecule has 0 bridgehead atoms. The van der Waals surface area contributed by atoms with Crippen LogP contribution in [0.25, 0.3) is 0 Å². The summed E-state index contributed by atoms with van der Waals surface area (Å²) in [6, 6.07) is 6.21. The third-order valence-corrected chi connectivity index (χ3v) is 9.18. The van der Waals surface area contributed by atoms with Gasteiger partial charge in [0.05, 0.1) is 4.90 Å². The zero-order valence-electron chi connectivity index (χ0n) is 18.9. The maximum atomic E-state index is 12.7. The van der Waals surface area contributed by atoms with Gasteiger partial charge in [0, 0.05) is 36.7 Å². The van der Waals surface area contributed by atoms with E-state index in [9.17, 15) is 18.0 Å². The molecule has 3 rings (SSSR count). The molecule has 1 aromatic rings. The van der Waals surface area contributed by atoms with E-state index < -0.39 is 10.0 Å². The molecule has 0 radical (unpaired) electrons. The second kappa shape index (κ2) is 9.69. The second-order valence-electron chi connectivity index (χ2n) is 8.75. The summed E-state index contributed by atoms with van der Waals surface area (Å²) in [5.41, 5.74) is 0.438. The van der Waals surface area contributed by atoms with E-state index in [0.29, 0.717) is 30.5 Å². The third kappa shape index (κ3) is 4.80. The van der Waals surface area contributed by atoms with E-state index in [1.165, 1.54) is 16.4 Å². The molecule has 1 heterocycles. The number of hydrogen-bond donors (Lipinski definition) is 2. The van der Waals surface area contributed by atoms with E-state index in [1.807, 2.05) is 0 Å². The SMILES string of the molecule is CCC1C(=O)NC2CC(NC(=O)c3ccc(S(=O)(=O)N(CC)CC)cc3)CCC2C1C. The zero-order valence-corrected chi connectivity index (χ0v) is 19.7. The molecule has 8 heteroatoms. The number of sulfonamides is 1. The molecule has 1 saturated heterocycles. The summed E-state index contributed by atoms with van der Waals surface area (Å²) < 4.78 is 26.6. The fourth-order valence-electron chi connectivity index (χ4n) is 5.26. The van der Waals surface area contributed by atoms with Gasteiger partial charge in [-0.05, 0) is 61.8 Å². The van der Waals surface area contributed by atoms with Crippen LogP contribution in [-0.2, 0) is 14.8 Å². The van der Waals surface area contributed by atoms with Gasteiger partial charge in [-0.2, -0.15) is 4.31 Å². The molecule has 5 atom stereocenters. The normalized spacial score (nSPS) is 28.7. The summed E-state index contributed by atoms with van der Waals surface area (Å²) >= 11 is 0. The van der Waals surface area contributed by atoms with Crippen molar-refractivity contribution in [1.82, 2.24) is 14.9 Å². The van der Waals surface area contributed by atoms with Gasteiger partial charge in [0.1, 0.15) is 0 Å². The lowest BCUT2D eigenvalue weighted by Gasteiger charge is -2.46. The molecule has 1 aliphatic heterocycles.